The first kappa shape index (κ1) is 9.06. The number of hydrogen-bond donors (Lipinski definition) is 1. The van der Waals surface area contributed by atoms with E-state index in [1.165, 1.54) is 6.07 Å². The van der Waals surface area contributed by atoms with Gasteiger partial charge in [0.05, 0.1) is 5.69 Å². The van der Waals surface area contributed by atoms with Gasteiger partial charge in [-0.05, 0) is 12.1 Å². The molecule has 0 bridgehead atoms. The van der Waals surface area contributed by atoms with Crippen molar-refractivity contribution in [3.63, 3.8) is 0 Å². The third-order valence-electron chi connectivity index (χ3n) is 1.15. The molecule has 1 rings (SSSR count). The van der Waals surface area contributed by atoms with E-state index in [2.05, 4.69) is 4.36 Å². The smallest absolute Gasteiger partial charge is 0.117 e. The third-order valence-corrected chi connectivity index (χ3v) is 1.81. The Balaban J connectivity index is 3.15. The van der Waals surface area contributed by atoms with Gasteiger partial charge in [0.2, 0.25) is 0 Å². The van der Waals surface area contributed by atoms with E-state index in [9.17, 15) is 4.21 Å². The van der Waals surface area contributed by atoms with E-state index in [1.54, 1.807) is 30.7 Å². The predicted octanol–water partition coefficient (Wildman–Crippen LogP) is 1.75. The molecular weight excluding hydrogens is 174 g/mol. The second-order valence-corrected chi connectivity index (χ2v) is 5.34. The van der Waals surface area contributed by atoms with Crippen molar-refractivity contribution in [2.45, 2.75) is 0 Å². The zero-order valence-corrected chi connectivity index (χ0v) is 7.84. The highest BCUT2D eigenvalue weighted by atomic mass is 32.2. The van der Waals surface area contributed by atoms with Crippen molar-refractivity contribution in [3.05, 3.63) is 24.3 Å². The molecule has 0 aliphatic carbocycles. The second-order valence-electron chi connectivity index (χ2n) is 2.79. The Morgan fingerprint density at radius 1 is 1.42 bits per heavy atom. The highest BCUT2D eigenvalue weighted by molar-refractivity contribution is 7.92. The Kier molecular flexibility index (Phi) is 2.38. The van der Waals surface area contributed by atoms with Crippen LogP contribution in [0.1, 0.15) is 0 Å². The van der Waals surface area contributed by atoms with Crippen LogP contribution in [0, 0.1) is 0 Å². The molecule has 0 radical (unpaired) electrons. The predicted molar refractivity (Wildman–Crippen MR) is 50.2 cm³/mol. The Morgan fingerprint density at radius 2 is 2.08 bits per heavy atom. The number of phenolic OH excluding ortho intramolecular Hbond substituents is 1. The summed E-state index contributed by atoms with van der Waals surface area (Å²) in [7, 11) is -2.13. The summed E-state index contributed by atoms with van der Waals surface area (Å²) < 4.78 is 15.1. The molecule has 66 valence electrons. The molecule has 0 amide bonds. The quantitative estimate of drug-likeness (QED) is 0.724. The van der Waals surface area contributed by atoms with Crippen LogP contribution in [0.25, 0.3) is 0 Å². The van der Waals surface area contributed by atoms with Gasteiger partial charge in [0, 0.05) is 28.3 Å². The maximum absolute atomic E-state index is 11.2. The minimum absolute atomic E-state index is 0.139. The molecule has 0 aromatic heterocycles. The van der Waals surface area contributed by atoms with Crippen molar-refractivity contribution in [2.75, 3.05) is 12.5 Å². The van der Waals surface area contributed by atoms with Crippen LogP contribution in [0.15, 0.2) is 28.6 Å². The van der Waals surface area contributed by atoms with Crippen molar-refractivity contribution in [1.82, 2.24) is 0 Å². The van der Waals surface area contributed by atoms with Gasteiger partial charge in [-0.2, -0.15) is 4.36 Å². The highest BCUT2D eigenvalue weighted by Crippen LogP contribution is 2.19. The fraction of sp³-hybridized carbons (Fsp3) is 0.250. The van der Waals surface area contributed by atoms with E-state index in [4.69, 9.17) is 5.11 Å². The van der Waals surface area contributed by atoms with Crippen LogP contribution in [0.3, 0.4) is 0 Å². The van der Waals surface area contributed by atoms with Gasteiger partial charge in [0.25, 0.3) is 0 Å². The SMILES string of the molecule is CS(C)(=O)=Nc1cccc(O)c1. The van der Waals surface area contributed by atoms with Crippen LogP contribution < -0.4 is 0 Å². The summed E-state index contributed by atoms with van der Waals surface area (Å²) in [4.78, 5) is 0. The van der Waals surface area contributed by atoms with E-state index in [0.717, 1.165) is 0 Å². The van der Waals surface area contributed by atoms with E-state index < -0.39 is 9.73 Å². The molecular formula is C8H11NO2S. The standard InChI is InChI=1S/C8H11NO2S/c1-12(2,11)9-7-4-3-5-8(10)6-7/h3-6,10H,1-2H3. The van der Waals surface area contributed by atoms with Gasteiger partial charge in [-0.15, -0.1) is 0 Å². The lowest BCUT2D eigenvalue weighted by atomic mass is 10.3. The molecule has 3 nitrogen and oxygen atoms in total. The normalized spacial score (nSPS) is 11.2. The van der Waals surface area contributed by atoms with Gasteiger partial charge < -0.3 is 5.11 Å². The second kappa shape index (κ2) is 3.15. The van der Waals surface area contributed by atoms with Crippen LogP contribution >= 0.6 is 0 Å². The van der Waals surface area contributed by atoms with Crippen LogP contribution in [-0.2, 0) is 9.73 Å². The summed E-state index contributed by atoms with van der Waals surface area (Å²) in [6.45, 7) is 0. The van der Waals surface area contributed by atoms with Crippen LogP contribution in [0.2, 0.25) is 0 Å². The first-order chi connectivity index (χ1) is 5.47. The zero-order valence-electron chi connectivity index (χ0n) is 7.02. The molecule has 0 heterocycles. The molecule has 0 fully saturated rings. The monoisotopic (exact) mass is 185 g/mol. The minimum Gasteiger partial charge on any atom is -0.508 e. The number of phenols is 1. The molecule has 12 heavy (non-hydrogen) atoms. The lowest BCUT2D eigenvalue weighted by Gasteiger charge is -1.96. The van der Waals surface area contributed by atoms with E-state index in [-0.39, 0.29) is 5.75 Å². The Labute approximate surface area is 72.2 Å². The maximum atomic E-state index is 11.2. The molecule has 1 N–H and O–H groups in total. The Bertz CT molecular complexity index is 384. The van der Waals surface area contributed by atoms with E-state index in [1.807, 2.05) is 0 Å². The third kappa shape index (κ3) is 2.92. The lowest BCUT2D eigenvalue weighted by molar-refractivity contribution is 0.475. The van der Waals surface area contributed by atoms with E-state index >= 15 is 0 Å². The van der Waals surface area contributed by atoms with Crippen LogP contribution in [0.4, 0.5) is 5.69 Å². The molecule has 0 aliphatic heterocycles. The Morgan fingerprint density at radius 3 is 2.58 bits per heavy atom. The highest BCUT2D eigenvalue weighted by Gasteiger charge is 1.94. The largest absolute Gasteiger partial charge is 0.508 e. The molecule has 0 saturated heterocycles. The number of hydrogen-bond acceptors (Lipinski definition) is 3. The zero-order chi connectivity index (χ0) is 9.19. The van der Waals surface area contributed by atoms with Crippen molar-refractivity contribution in [1.29, 1.82) is 0 Å². The molecule has 0 unspecified atom stereocenters. The molecule has 0 atom stereocenters. The fourth-order valence-corrected chi connectivity index (χ4v) is 1.42. The number of nitrogens with zero attached hydrogens (tertiary/aromatic N) is 1. The van der Waals surface area contributed by atoms with Gasteiger partial charge in [-0.25, -0.2) is 4.21 Å². The molecule has 0 aliphatic rings. The lowest BCUT2D eigenvalue weighted by Crippen LogP contribution is -1.88. The summed E-state index contributed by atoms with van der Waals surface area (Å²) in [5, 5.41) is 9.06. The van der Waals surface area contributed by atoms with Crippen molar-refractivity contribution < 1.29 is 9.32 Å². The fourth-order valence-electron chi connectivity index (χ4n) is 0.804. The molecule has 1 aromatic rings. The van der Waals surface area contributed by atoms with Gasteiger partial charge in [-0.1, -0.05) is 6.07 Å². The average Bonchev–Trinajstić information content (AvgIpc) is 1.82. The van der Waals surface area contributed by atoms with Gasteiger partial charge >= 0.3 is 0 Å². The van der Waals surface area contributed by atoms with Gasteiger partial charge in [0.1, 0.15) is 5.75 Å². The number of rotatable bonds is 1. The van der Waals surface area contributed by atoms with E-state index in [0.29, 0.717) is 5.69 Å². The summed E-state index contributed by atoms with van der Waals surface area (Å²) in [6, 6.07) is 6.39. The minimum atomic E-state index is -2.13. The number of aromatic hydroxyl groups is 1. The molecule has 0 spiro atoms. The molecule has 0 saturated carbocycles. The van der Waals surface area contributed by atoms with Crippen molar-refractivity contribution >= 4 is 15.4 Å². The van der Waals surface area contributed by atoms with Crippen LogP contribution in [0.5, 0.6) is 5.75 Å². The topological polar surface area (TPSA) is 49.7 Å². The van der Waals surface area contributed by atoms with Crippen LogP contribution in [-0.4, -0.2) is 21.8 Å². The van der Waals surface area contributed by atoms with Gasteiger partial charge in [0.15, 0.2) is 0 Å². The van der Waals surface area contributed by atoms with Crippen molar-refractivity contribution in [2.24, 2.45) is 4.36 Å². The summed E-state index contributed by atoms with van der Waals surface area (Å²) in [5.41, 5.74) is 0.546. The maximum Gasteiger partial charge on any atom is 0.117 e. The first-order valence-electron chi connectivity index (χ1n) is 3.43. The molecule has 4 heteroatoms. The number of benzene rings is 1. The Hall–Kier alpha value is -1.03. The van der Waals surface area contributed by atoms with Gasteiger partial charge in [-0.3, -0.25) is 0 Å². The summed E-state index contributed by atoms with van der Waals surface area (Å²) in [6.07, 6.45) is 3.11. The first-order valence-corrected chi connectivity index (χ1v) is 5.77. The summed E-state index contributed by atoms with van der Waals surface area (Å²) in [5.74, 6) is 0.139. The van der Waals surface area contributed by atoms with Crippen molar-refractivity contribution in [3.8, 4) is 5.75 Å². The molecule has 1 aromatic carbocycles. The summed E-state index contributed by atoms with van der Waals surface area (Å²) >= 11 is 0. The average molecular weight is 185 g/mol.